The van der Waals surface area contributed by atoms with Crippen LogP contribution in [0.2, 0.25) is 20.1 Å². The number of carbonyl (C=O) groups is 3. The van der Waals surface area contributed by atoms with Crippen LogP contribution in [0.4, 0.5) is 16.4 Å². The summed E-state index contributed by atoms with van der Waals surface area (Å²) in [7, 11) is 0. The number of carbonyl (C=O) groups excluding carboxylic acids is 3. The molecule has 0 bridgehead atoms. The Bertz CT molecular complexity index is 3050. The Morgan fingerprint density at radius 1 is 0.630 bits per heavy atom. The van der Waals surface area contributed by atoms with Crippen molar-refractivity contribution in [2.45, 2.75) is 47.1 Å². The van der Waals surface area contributed by atoms with Crippen LogP contribution in [0.3, 0.4) is 0 Å². The number of allylic oxidation sites excluding steroid dienone is 1. The van der Waals surface area contributed by atoms with Crippen molar-refractivity contribution in [3.05, 3.63) is 140 Å². The van der Waals surface area contributed by atoms with E-state index >= 15 is 0 Å². The van der Waals surface area contributed by atoms with Gasteiger partial charge in [-0.25, -0.2) is 24.7 Å². The molecule has 17 nitrogen and oxygen atoms in total. The highest BCUT2D eigenvalue weighted by molar-refractivity contribution is 6.66. The van der Waals surface area contributed by atoms with E-state index in [4.69, 9.17) is 62.7 Å². The zero-order chi connectivity index (χ0) is 53.6. The van der Waals surface area contributed by atoms with E-state index < -0.39 is 10.8 Å². The molecule has 0 unspecified atom stereocenters. The molecule has 0 N–H and O–H groups in total. The topological polar surface area (TPSA) is 172 Å². The predicted molar refractivity (Wildman–Crippen MR) is 294 cm³/mol. The van der Waals surface area contributed by atoms with Crippen LogP contribution >= 0.6 is 58.0 Å². The lowest BCUT2D eigenvalue weighted by atomic mass is 10.2. The molecule has 388 valence electrons. The number of fused-ring (bicyclic) bond motifs is 2. The fourth-order valence-electron chi connectivity index (χ4n) is 7.64. The number of rotatable bonds is 9. The van der Waals surface area contributed by atoms with Crippen molar-refractivity contribution in [1.29, 1.82) is 0 Å². The number of ether oxygens (including phenoxy) is 1. The van der Waals surface area contributed by atoms with E-state index in [-0.39, 0.29) is 23.1 Å². The molecule has 2 aliphatic heterocycles. The summed E-state index contributed by atoms with van der Waals surface area (Å²) in [6.07, 6.45) is 8.07. The lowest BCUT2D eigenvalue weighted by Gasteiger charge is -2.36. The first-order valence-electron chi connectivity index (χ1n) is 23.3. The Kier molecular flexibility index (Phi) is 21.2. The average Bonchev–Trinajstić information content (AvgIpc) is 3.37. The molecule has 22 heteroatoms. The van der Waals surface area contributed by atoms with Crippen molar-refractivity contribution in [2.24, 2.45) is 0 Å². The van der Waals surface area contributed by atoms with Crippen LogP contribution < -0.4 is 20.9 Å². The first-order chi connectivity index (χ1) is 34.7. The molecule has 2 aromatic carbocycles. The van der Waals surface area contributed by atoms with Crippen LogP contribution in [-0.4, -0.2) is 139 Å². The maximum Gasteiger partial charge on any atom is 0.410 e. The third kappa shape index (κ3) is 15.7. The standard InChI is InChI=1S/C22H23Cl2N5O3.C20H17Cl2N5O2.C6H15N.C3H3ClO/c1-22(2,3)32-21(31)28-8-6-27(7-9-28)20-15-10-16(24)18(11-17(15)25-13-26-20)29-12-14(23)4-5-19(29)30;1-2-18(28)25-5-7-26(8-6-25)20-14-9-15(22)17(10-16(14)23-12-24-20)27-11-13(21)3-4-19(27)29;1-4-7(5-2)6-3;1-2-3(4)5/h4-5,10-13H,6-9H2,1-3H3;2-4,9-12H,1,5-8H2;4-6H2,1-3H3;2H,1H2. The number of anilines is 2. The molecule has 6 heterocycles. The summed E-state index contributed by atoms with van der Waals surface area (Å²) < 4.78 is 8.25. The average molecular weight is 1100 g/mol. The largest absolute Gasteiger partial charge is 0.444 e. The van der Waals surface area contributed by atoms with Gasteiger partial charge in [-0.1, -0.05) is 80.3 Å². The highest BCUT2D eigenvalue weighted by Gasteiger charge is 2.28. The summed E-state index contributed by atoms with van der Waals surface area (Å²) in [6, 6.07) is 12.9. The molecule has 2 fully saturated rings. The molecule has 0 atom stereocenters. The summed E-state index contributed by atoms with van der Waals surface area (Å²) in [5, 5.41) is 2.65. The van der Waals surface area contributed by atoms with Gasteiger partial charge < -0.3 is 29.2 Å². The molecule has 2 aliphatic rings. The van der Waals surface area contributed by atoms with Crippen LogP contribution in [-0.2, 0) is 14.3 Å². The van der Waals surface area contributed by atoms with Gasteiger partial charge in [-0.3, -0.25) is 28.3 Å². The lowest BCUT2D eigenvalue weighted by molar-refractivity contribution is -0.126. The van der Waals surface area contributed by atoms with Gasteiger partial charge in [0.15, 0.2) is 0 Å². The van der Waals surface area contributed by atoms with Gasteiger partial charge >= 0.3 is 6.09 Å². The first kappa shape index (κ1) is 57.8. The van der Waals surface area contributed by atoms with Crippen LogP contribution in [0.15, 0.2) is 108 Å². The van der Waals surface area contributed by atoms with Crippen molar-refractivity contribution in [3.8, 4) is 11.4 Å². The minimum Gasteiger partial charge on any atom is -0.444 e. The van der Waals surface area contributed by atoms with E-state index in [0.717, 1.165) is 28.5 Å². The number of hydrogen-bond acceptors (Lipinski definition) is 13. The minimum atomic E-state index is -0.531. The number of aromatic nitrogens is 6. The molecular formula is C51H58Cl5N11O6. The van der Waals surface area contributed by atoms with Crippen LogP contribution in [0, 0.1) is 0 Å². The Morgan fingerprint density at radius 3 is 1.37 bits per heavy atom. The van der Waals surface area contributed by atoms with Gasteiger partial charge in [0.05, 0.1) is 42.5 Å². The molecule has 2 amide bonds. The SMILES string of the molecule is C=CC(=O)Cl.C=CC(=O)N1CCN(c2ncnc3cc(-n4cc(Cl)ccc4=O)c(Cl)cc23)CC1.CC(C)(C)OC(=O)N1CCN(c2ncnc3cc(-n4cc(Cl)ccc4=O)c(Cl)cc23)CC1.CCN(CC)CC. The molecule has 4 aromatic heterocycles. The van der Waals surface area contributed by atoms with Crippen molar-refractivity contribution in [3.63, 3.8) is 0 Å². The van der Waals surface area contributed by atoms with E-state index in [2.05, 4.69) is 68.6 Å². The second-order valence-corrected chi connectivity index (χ2v) is 19.3. The van der Waals surface area contributed by atoms with Crippen molar-refractivity contribution < 1.29 is 19.1 Å². The normalized spacial score (nSPS) is 13.5. The molecule has 6 aromatic rings. The van der Waals surface area contributed by atoms with Crippen LogP contribution in [0.25, 0.3) is 33.2 Å². The quantitative estimate of drug-likeness (QED) is 0.0992. The van der Waals surface area contributed by atoms with Gasteiger partial charge in [-0.15, -0.1) is 0 Å². The monoisotopic (exact) mass is 1100 g/mol. The fraction of sp³-hybridized carbons (Fsp3) is 0.353. The molecular weight excluding hydrogens is 1040 g/mol. The number of benzene rings is 2. The summed E-state index contributed by atoms with van der Waals surface area (Å²) in [5.41, 5.74) is 1.28. The van der Waals surface area contributed by atoms with Gasteiger partial charge in [0.25, 0.3) is 11.1 Å². The Labute approximate surface area is 449 Å². The summed E-state index contributed by atoms with van der Waals surface area (Å²) in [5.74, 6) is 1.40. The number of piperazine rings is 2. The third-order valence-electron chi connectivity index (χ3n) is 11.4. The number of amides is 2. The number of pyridine rings is 2. The van der Waals surface area contributed by atoms with Gasteiger partial charge in [-0.05, 0) is 101 Å². The van der Waals surface area contributed by atoms with Gasteiger partial charge in [0.1, 0.15) is 29.9 Å². The van der Waals surface area contributed by atoms with Crippen LogP contribution in [0.1, 0.15) is 41.5 Å². The maximum atomic E-state index is 12.3. The number of halogens is 5. The summed E-state index contributed by atoms with van der Waals surface area (Å²) in [4.78, 5) is 85.8. The highest BCUT2D eigenvalue weighted by Crippen LogP contribution is 2.33. The predicted octanol–water partition coefficient (Wildman–Crippen LogP) is 9.35. The molecule has 0 radical (unpaired) electrons. The van der Waals surface area contributed by atoms with E-state index in [9.17, 15) is 24.0 Å². The first-order valence-corrected chi connectivity index (χ1v) is 25.2. The fourth-order valence-corrected chi connectivity index (χ4v) is 8.47. The second kappa shape index (κ2) is 26.7. The van der Waals surface area contributed by atoms with Crippen molar-refractivity contribution in [1.82, 2.24) is 43.8 Å². The zero-order valence-electron chi connectivity index (χ0n) is 41.5. The van der Waals surface area contributed by atoms with E-state index in [1.807, 2.05) is 20.8 Å². The van der Waals surface area contributed by atoms with E-state index in [0.29, 0.717) is 94.9 Å². The molecule has 73 heavy (non-hydrogen) atoms. The lowest BCUT2D eigenvalue weighted by Crippen LogP contribution is -2.50. The highest BCUT2D eigenvalue weighted by atomic mass is 35.5. The number of hydrogen-bond donors (Lipinski definition) is 0. The Hall–Kier alpha value is -6.08. The molecule has 2 saturated heterocycles. The van der Waals surface area contributed by atoms with Crippen molar-refractivity contribution in [2.75, 3.05) is 81.8 Å². The Morgan fingerprint density at radius 2 is 1.03 bits per heavy atom. The van der Waals surface area contributed by atoms with E-state index in [1.54, 1.807) is 34.1 Å². The van der Waals surface area contributed by atoms with Gasteiger partial charge in [-0.2, -0.15) is 0 Å². The molecule has 0 spiro atoms. The number of nitrogens with zero attached hydrogens (tertiary/aromatic N) is 11. The zero-order valence-corrected chi connectivity index (χ0v) is 45.3. The molecule has 8 rings (SSSR count). The third-order valence-corrected chi connectivity index (χ3v) is 12.6. The summed E-state index contributed by atoms with van der Waals surface area (Å²) >= 11 is 29.9. The smallest absolute Gasteiger partial charge is 0.410 e. The molecule has 0 saturated carbocycles. The van der Waals surface area contributed by atoms with Gasteiger partial charge in [0.2, 0.25) is 11.1 Å². The van der Waals surface area contributed by atoms with E-state index in [1.165, 1.54) is 84.2 Å². The maximum absolute atomic E-state index is 12.3. The minimum absolute atomic E-state index is 0.0724. The summed E-state index contributed by atoms with van der Waals surface area (Å²) in [6.45, 7) is 27.0. The van der Waals surface area contributed by atoms with Gasteiger partial charge in [0, 0.05) is 87.7 Å². The van der Waals surface area contributed by atoms with Crippen LogP contribution in [0.5, 0.6) is 0 Å². The second-order valence-electron chi connectivity index (χ2n) is 17.2. The van der Waals surface area contributed by atoms with Crippen molar-refractivity contribution >= 4 is 109 Å². The Balaban J connectivity index is 0.000000222. The molecule has 0 aliphatic carbocycles.